The first kappa shape index (κ1) is 16.4. The van der Waals surface area contributed by atoms with Gasteiger partial charge in [0, 0.05) is 25.6 Å². The van der Waals surface area contributed by atoms with Crippen molar-refractivity contribution in [3.63, 3.8) is 0 Å². The van der Waals surface area contributed by atoms with Gasteiger partial charge in [0.2, 0.25) is 0 Å². The molecule has 2 aliphatic heterocycles. The molecule has 1 aromatic heterocycles. The molecule has 134 valence electrons. The van der Waals surface area contributed by atoms with Crippen molar-refractivity contribution in [3.05, 3.63) is 54.1 Å². The van der Waals surface area contributed by atoms with Crippen molar-refractivity contribution in [1.29, 1.82) is 0 Å². The fourth-order valence-corrected chi connectivity index (χ4v) is 3.20. The van der Waals surface area contributed by atoms with E-state index in [1.54, 1.807) is 11.1 Å². The van der Waals surface area contributed by atoms with Gasteiger partial charge in [0.1, 0.15) is 6.10 Å². The number of hydrazone groups is 1. The second kappa shape index (κ2) is 7.07. The van der Waals surface area contributed by atoms with Crippen LogP contribution in [-0.2, 0) is 0 Å². The Morgan fingerprint density at radius 1 is 1.19 bits per heavy atom. The molecule has 8 heteroatoms. The van der Waals surface area contributed by atoms with Gasteiger partial charge in [-0.3, -0.25) is 0 Å². The number of benzene rings is 1. The Morgan fingerprint density at radius 2 is 1.96 bits per heavy atom. The molecule has 2 aromatic rings. The minimum Gasteiger partial charge on any atom is -0.458 e. The van der Waals surface area contributed by atoms with Crippen molar-refractivity contribution in [1.82, 2.24) is 19.9 Å². The number of carbonyl (C=O) groups excluding carboxylic acids is 1. The van der Waals surface area contributed by atoms with Crippen molar-refractivity contribution in [2.45, 2.75) is 25.0 Å². The summed E-state index contributed by atoms with van der Waals surface area (Å²) in [5.41, 5.74) is 1.06. The van der Waals surface area contributed by atoms with Crippen LogP contribution in [0.5, 0.6) is 6.01 Å². The Labute approximate surface area is 150 Å². The zero-order valence-electron chi connectivity index (χ0n) is 14.0. The second-order valence-corrected chi connectivity index (χ2v) is 6.25. The molecule has 0 radical (unpaired) electrons. The molecule has 7 nitrogen and oxygen atoms in total. The van der Waals surface area contributed by atoms with Crippen molar-refractivity contribution < 1.29 is 13.9 Å². The van der Waals surface area contributed by atoms with E-state index in [1.807, 2.05) is 30.3 Å². The Hall–Kier alpha value is -3.03. The highest BCUT2D eigenvalue weighted by Gasteiger charge is 2.35. The van der Waals surface area contributed by atoms with Crippen LogP contribution in [-0.4, -0.2) is 51.3 Å². The molecule has 1 unspecified atom stereocenters. The minimum atomic E-state index is -0.514. The van der Waals surface area contributed by atoms with Crippen LogP contribution in [0, 0.1) is 5.82 Å². The lowest BCUT2D eigenvalue weighted by Crippen LogP contribution is -2.40. The minimum absolute atomic E-state index is 0.0795. The molecule has 2 atom stereocenters. The Balaban J connectivity index is 1.39. The molecule has 1 saturated heterocycles. The highest BCUT2D eigenvalue weighted by Crippen LogP contribution is 2.30. The molecular weight excluding hydrogens is 337 g/mol. The molecule has 0 bridgehead atoms. The Morgan fingerprint density at radius 3 is 2.73 bits per heavy atom. The van der Waals surface area contributed by atoms with Gasteiger partial charge in [-0.1, -0.05) is 30.3 Å². The number of halogens is 1. The lowest BCUT2D eigenvalue weighted by molar-refractivity contribution is 0.140. The number of hydrogen-bond donors (Lipinski definition) is 0. The van der Waals surface area contributed by atoms with Crippen LogP contribution < -0.4 is 4.74 Å². The molecule has 0 spiro atoms. The van der Waals surface area contributed by atoms with Gasteiger partial charge in [-0.2, -0.15) is 5.10 Å². The third kappa shape index (κ3) is 3.35. The molecule has 0 N–H and O–H groups in total. The van der Waals surface area contributed by atoms with Crippen molar-refractivity contribution in [2.75, 3.05) is 13.1 Å². The van der Waals surface area contributed by atoms with E-state index >= 15 is 0 Å². The van der Waals surface area contributed by atoms with Gasteiger partial charge in [-0.25, -0.2) is 24.2 Å². The predicted octanol–water partition coefficient (Wildman–Crippen LogP) is 2.62. The molecule has 0 aliphatic carbocycles. The molecule has 4 rings (SSSR count). The molecule has 26 heavy (non-hydrogen) atoms. The van der Waals surface area contributed by atoms with Crippen LogP contribution in [0.3, 0.4) is 0 Å². The zero-order valence-corrected chi connectivity index (χ0v) is 14.0. The lowest BCUT2D eigenvalue weighted by Gasteiger charge is -2.27. The zero-order chi connectivity index (χ0) is 17.9. The van der Waals surface area contributed by atoms with Gasteiger partial charge >= 0.3 is 12.0 Å². The average molecular weight is 355 g/mol. The standard InChI is InChI=1S/C18H18FN5O2/c19-14-10-20-17(21-11-14)26-15-7-9-23(12-15)18(25)24-16(6-8-22-24)13-4-2-1-3-5-13/h1-5,8,10-11,15-16H,6-7,9,12H2/t15-,16?/m1/s1. The summed E-state index contributed by atoms with van der Waals surface area (Å²) in [6, 6.07) is 9.76. The SMILES string of the molecule is O=C(N1CC[C@@H](Oc2ncc(F)cn2)C1)N1N=CCC1c1ccccc1. The van der Waals surface area contributed by atoms with E-state index in [0.717, 1.165) is 18.0 Å². The first-order valence-electron chi connectivity index (χ1n) is 8.50. The third-order valence-electron chi connectivity index (χ3n) is 4.49. The molecule has 2 aliphatic rings. The number of likely N-dealkylation sites (tertiary alicyclic amines) is 1. The largest absolute Gasteiger partial charge is 0.458 e. The molecule has 1 aromatic carbocycles. The second-order valence-electron chi connectivity index (χ2n) is 6.25. The van der Waals surface area contributed by atoms with Gasteiger partial charge in [-0.05, 0) is 5.56 Å². The molecule has 0 saturated carbocycles. The van der Waals surface area contributed by atoms with E-state index < -0.39 is 5.82 Å². The molecule has 3 heterocycles. The maximum absolute atomic E-state index is 12.9. The molecule has 2 amide bonds. The summed E-state index contributed by atoms with van der Waals surface area (Å²) in [5, 5.41) is 5.80. The van der Waals surface area contributed by atoms with Crippen LogP contribution in [0.2, 0.25) is 0 Å². The number of urea groups is 1. The molecule has 1 fully saturated rings. The normalized spacial score (nSPS) is 22.0. The van der Waals surface area contributed by atoms with Gasteiger partial charge in [0.25, 0.3) is 0 Å². The number of amides is 2. The van der Waals surface area contributed by atoms with Gasteiger partial charge in [-0.15, -0.1) is 0 Å². The van der Waals surface area contributed by atoms with E-state index in [9.17, 15) is 9.18 Å². The number of nitrogens with zero attached hydrogens (tertiary/aromatic N) is 5. The smallest absolute Gasteiger partial charge is 0.341 e. The van der Waals surface area contributed by atoms with Crippen LogP contribution in [0.4, 0.5) is 9.18 Å². The predicted molar refractivity (Wildman–Crippen MR) is 92.1 cm³/mol. The maximum Gasteiger partial charge on any atom is 0.341 e. The quantitative estimate of drug-likeness (QED) is 0.849. The van der Waals surface area contributed by atoms with E-state index in [1.165, 1.54) is 5.01 Å². The third-order valence-corrected chi connectivity index (χ3v) is 4.49. The first-order valence-corrected chi connectivity index (χ1v) is 8.50. The van der Waals surface area contributed by atoms with Crippen molar-refractivity contribution in [2.24, 2.45) is 5.10 Å². The Kier molecular flexibility index (Phi) is 4.47. The monoisotopic (exact) mass is 355 g/mol. The highest BCUT2D eigenvalue weighted by atomic mass is 19.1. The number of ether oxygens (including phenoxy) is 1. The lowest BCUT2D eigenvalue weighted by atomic mass is 10.1. The topological polar surface area (TPSA) is 70.9 Å². The van der Waals surface area contributed by atoms with Gasteiger partial charge in [0.15, 0.2) is 5.82 Å². The molecular formula is C18H18FN5O2. The van der Waals surface area contributed by atoms with E-state index in [2.05, 4.69) is 15.1 Å². The highest BCUT2D eigenvalue weighted by molar-refractivity contribution is 5.78. The van der Waals surface area contributed by atoms with Crippen molar-refractivity contribution >= 4 is 12.2 Å². The Bertz CT molecular complexity index is 799. The van der Waals surface area contributed by atoms with Crippen LogP contribution in [0.15, 0.2) is 47.8 Å². The number of carbonyl (C=O) groups is 1. The fraction of sp³-hybridized carbons (Fsp3) is 0.333. The van der Waals surface area contributed by atoms with E-state index in [0.29, 0.717) is 25.9 Å². The van der Waals surface area contributed by atoms with E-state index in [4.69, 9.17) is 4.74 Å². The van der Waals surface area contributed by atoms with Gasteiger partial charge in [0.05, 0.1) is 25.0 Å². The van der Waals surface area contributed by atoms with Crippen molar-refractivity contribution in [3.8, 4) is 6.01 Å². The summed E-state index contributed by atoms with van der Waals surface area (Å²) in [6.45, 7) is 0.991. The van der Waals surface area contributed by atoms with Crippen LogP contribution in [0.25, 0.3) is 0 Å². The van der Waals surface area contributed by atoms with Crippen LogP contribution >= 0.6 is 0 Å². The number of rotatable bonds is 3. The number of hydrogen-bond acceptors (Lipinski definition) is 5. The van der Waals surface area contributed by atoms with Gasteiger partial charge < -0.3 is 9.64 Å². The average Bonchev–Trinajstić information content (AvgIpc) is 3.33. The summed E-state index contributed by atoms with van der Waals surface area (Å²) in [6.07, 6.45) is 5.04. The summed E-state index contributed by atoms with van der Waals surface area (Å²) >= 11 is 0. The number of aromatic nitrogens is 2. The fourth-order valence-electron chi connectivity index (χ4n) is 3.20. The summed E-state index contributed by atoms with van der Waals surface area (Å²) in [7, 11) is 0. The van der Waals surface area contributed by atoms with Crippen LogP contribution in [0.1, 0.15) is 24.4 Å². The van der Waals surface area contributed by atoms with E-state index in [-0.39, 0.29) is 24.2 Å². The maximum atomic E-state index is 12.9. The summed E-state index contributed by atoms with van der Waals surface area (Å²) in [5.74, 6) is -0.514. The first-order chi connectivity index (χ1) is 12.7. The summed E-state index contributed by atoms with van der Waals surface area (Å²) in [4.78, 5) is 22.2. The summed E-state index contributed by atoms with van der Waals surface area (Å²) < 4.78 is 18.5.